The van der Waals surface area contributed by atoms with Gasteiger partial charge in [-0.3, -0.25) is 9.59 Å². The summed E-state index contributed by atoms with van der Waals surface area (Å²) in [6, 6.07) is 13.1. The second kappa shape index (κ2) is 9.09. The van der Waals surface area contributed by atoms with Gasteiger partial charge in [-0.2, -0.15) is 23.0 Å². The molecular weight excluding hydrogens is 437 g/mol. The Labute approximate surface area is 179 Å². The summed E-state index contributed by atoms with van der Waals surface area (Å²) in [5, 5.41) is 8.81. The molecule has 0 saturated heterocycles. The van der Waals surface area contributed by atoms with Crippen LogP contribution in [0, 0.1) is 0 Å². The maximum absolute atomic E-state index is 13.1. The van der Waals surface area contributed by atoms with Crippen molar-refractivity contribution in [2.24, 2.45) is 0 Å². The molecule has 0 unspecified atom stereocenters. The van der Waals surface area contributed by atoms with Gasteiger partial charge in [0.15, 0.2) is 12.3 Å². The lowest BCUT2D eigenvalue weighted by Crippen LogP contribution is -2.21. The van der Waals surface area contributed by atoms with Crippen LogP contribution in [-0.2, 0) is 15.8 Å². The molecule has 0 aliphatic carbocycles. The molecule has 0 spiro atoms. The van der Waals surface area contributed by atoms with Gasteiger partial charge in [0.05, 0.1) is 10.7 Å². The number of hydrogen-bond acceptors (Lipinski definition) is 4. The van der Waals surface area contributed by atoms with E-state index < -0.39 is 24.4 Å². The molecule has 0 aliphatic rings. The minimum atomic E-state index is -4.71. The maximum Gasteiger partial charge on any atom is 0.435 e. The van der Waals surface area contributed by atoms with Gasteiger partial charge < -0.3 is 15.4 Å². The standard InChI is InChI=1S/C20H16ClF3N4O3/c1-12(29)25-13-6-8-14(9-7-13)26-18(30)11-31-19-10-17(20(22,23)24)27-28(19)16-5-3-2-4-15(16)21/h2-10H,11H2,1H3,(H,25,29)(H,26,30). The number of hydrogen-bond donors (Lipinski definition) is 2. The van der Waals surface area contributed by atoms with Crippen molar-refractivity contribution in [1.82, 2.24) is 9.78 Å². The molecule has 11 heteroatoms. The van der Waals surface area contributed by atoms with Gasteiger partial charge in [-0.25, -0.2) is 0 Å². The first-order valence-electron chi connectivity index (χ1n) is 8.86. The van der Waals surface area contributed by atoms with Gasteiger partial charge in [-0.1, -0.05) is 23.7 Å². The van der Waals surface area contributed by atoms with Crippen LogP contribution in [0.3, 0.4) is 0 Å². The van der Waals surface area contributed by atoms with Gasteiger partial charge in [-0.05, 0) is 36.4 Å². The fourth-order valence-corrected chi connectivity index (χ4v) is 2.79. The number of ether oxygens (including phenoxy) is 1. The average Bonchev–Trinajstić information content (AvgIpc) is 3.12. The molecule has 0 aliphatic heterocycles. The number of nitrogens with one attached hydrogen (secondary N) is 2. The molecule has 2 aromatic carbocycles. The quantitative estimate of drug-likeness (QED) is 0.576. The topological polar surface area (TPSA) is 85.2 Å². The molecule has 162 valence electrons. The van der Waals surface area contributed by atoms with Crippen LogP contribution in [0.15, 0.2) is 54.6 Å². The van der Waals surface area contributed by atoms with E-state index in [1.807, 2.05) is 0 Å². The van der Waals surface area contributed by atoms with Gasteiger partial charge in [-0.15, -0.1) is 0 Å². The van der Waals surface area contributed by atoms with E-state index >= 15 is 0 Å². The number of amides is 2. The van der Waals surface area contributed by atoms with E-state index in [0.717, 1.165) is 4.68 Å². The van der Waals surface area contributed by atoms with E-state index in [-0.39, 0.29) is 22.5 Å². The lowest BCUT2D eigenvalue weighted by atomic mass is 10.2. The van der Waals surface area contributed by atoms with Crippen molar-refractivity contribution in [2.75, 3.05) is 17.2 Å². The van der Waals surface area contributed by atoms with E-state index in [4.69, 9.17) is 16.3 Å². The van der Waals surface area contributed by atoms with E-state index in [1.54, 1.807) is 36.4 Å². The van der Waals surface area contributed by atoms with Gasteiger partial charge in [0.1, 0.15) is 0 Å². The van der Waals surface area contributed by atoms with Crippen molar-refractivity contribution in [3.05, 3.63) is 65.3 Å². The minimum Gasteiger partial charge on any atom is -0.467 e. The van der Waals surface area contributed by atoms with Crippen molar-refractivity contribution in [1.29, 1.82) is 0 Å². The molecule has 0 fully saturated rings. The minimum absolute atomic E-state index is 0.160. The fourth-order valence-electron chi connectivity index (χ4n) is 2.58. The molecule has 7 nitrogen and oxygen atoms in total. The van der Waals surface area contributed by atoms with Crippen LogP contribution >= 0.6 is 11.6 Å². The number of carbonyl (C=O) groups excluding carboxylic acids is 2. The van der Waals surface area contributed by atoms with Crippen LogP contribution in [-0.4, -0.2) is 28.2 Å². The van der Waals surface area contributed by atoms with Crippen molar-refractivity contribution in [3.8, 4) is 11.6 Å². The number of benzene rings is 2. The largest absolute Gasteiger partial charge is 0.467 e. The molecular formula is C20H16ClF3N4O3. The molecule has 2 amide bonds. The third kappa shape index (κ3) is 5.76. The third-order valence-corrected chi connectivity index (χ3v) is 4.21. The Kier molecular flexibility index (Phi) is 6.50. The number of aromatic nitrogens is 2. The molecule has 1 aromatic heterocycles. The van der Waals surface area contributed by atoms with E-state index in [1.165, 1.54) is 19.1 Å². The lowest BCUT2D eigenvalue weighted by Gasteiger charge is -2.11. The first-order valence-corrected chi connectivity index (χ1v) is 9.24. The highest BCUT2D eigenvalue weighted by Crippen LogP contribution is 2.33. The summed E-state index contributed by atoms with van der Waals surface area (Å²) >= 11 is 6.07. The summed E-state index contributed by atoms with van der Waals surface area (Å²) in [5.74, 6) is -1.14. The van der Waals surface area contributed by atoms with Crippen LogP contribution in [0.2, 0.25) is 5.02 Å². The summed E-state index contributed by atoms with van der Waals surface area (Å²) in [7, 11) is 0. The number of para-hydroxylation sites is 1. The van der Waals surface area contributed by atoms with E-state index in [9.17, 15) is 22.8 Å². The lowest BCUT2D eigenvalue weighted by molar-refractivity contribution is -0.141. The van der Waals surface area contributed by atoms with E-state index in [0.29, 0.717) is 17.4 Å². The third-order valence-electron chi connectivity index (χ3n) is 3.89. The Balaban J connectivity index is 1.73. The van der Waals surface area contributed by atoms with Gasteiger partial charge >= 0.3 is 6.18 Å². The maximum atomic E-state index is 13.1. The van der Waals surface area contributed by atoms with Gasteiger partial charge in [0.25, 0.3) is 5.91 Å². The van der Waals surface area contributed by atoms with Crippen molar-refractivity contribution in [3.63, 3.8) is 0 Å². The van der Waals surface area contributed by atoms with Crippen LogP contribution in [0.5, 0.6) is 5.88 Å². The summed E-state index contributed by atoms with van der Waals surface area (Å²) in [5.41, 5.74) is -0.0524. The Morgan fingerprint density at radius 1 is 1.06 bits per heavy atom. The number of alkyl halides is 3. The number of halogens is 4. The number of carbonyl (C=O) groups is 2. The molecule has 31 heavy (non-hydrogen) atoms. The van der Waals surface area contributed by atoms with Crippen LogP contribution in [0.4, 0.5) is 24.5 Å². The molecule has 1 heterocycles. The Morgan fingerprint density at radius 2 is 1.68 bits per heavy atom. The molecule has 2 N–H and O–H groups in total. The zero-order valence-corrected chi connectivity index (χ0v) is 16.8. The molecule has 3 rings (SSSR count). The first-order chi connectivity index (χ1) is 14.6. The monoisotopic (exact) mass is 452 g/mol. The summed E-state index contributed by atoms with van der Waals surface area (Å²) < 4.78 is 45.6. The van der Waals surface area contributed by atoms with Crippen molar-refractivity contribution < 1.29 is 27.5 Å². The Bertz CT molecular complexity index is 1100. The average molecular weight is 453 g/mol. The Morgan fingerprint density at radius 3 is 2.26 bits per heavy atom. The smallest absolute Gasteiger partial charge is 0.435 e. The molecule has 0 saturated carbocycles. The Hall–Kier alpha value is -3.53. The predicted molar refractivity (Wildman–Crippen MR) is 108 cm³/mol. The number of anilines is 2. The fraction of sp³-hybridized carbons (Fsp3) is 0.150. The second-order valence-electron chi connectivity index (χ2n) is 6.32. The molecule has 0 radical (unpaired) electrons. The summed E-state index contributed by atoms with van der Waals surface area (Å²) in [6.07, 6.45) is -4.71. The predicted octanol–water partition coefficient (Wildman–Crippen LogP) is 4.52. The first kappa shape index (κ1) is 22.2. The van der Waals surface area contributed by atoms with Crippen molar-refractivity contribution in [2.45, 2.75) is 13.1 Å². The highest BCUT2D eigenvalue weighted by molar-refractivity contribution is 6.32. The van der Waals surface area contributed by atoms with Crippen molar-refractivity contribution >= 4 is 34.8 Å². The zero-order valence-electron chi connectivity index (χ0n) is 16.0. The zero-order chi connectivity index (χ0) is 22.6. The molecule has 0 atom stereocenters. The van der Waals surface area contributed by atoms with E-state index in [2.05, 4.69) is 15.7 Å². The summed E-state index contributed by atoms with van der Waals surface area (Å²) in [4.78, 5) is 23.2. The number of nitrogens with zero attached hydrogens (tertiary/aromatic N) is 2. The molecule has 3 aromatic rings. The van der Waals surface area contributed by atoms with Gasteiger partial charge in [0.2, 0.25) is 11.8 Å². The van der Waals surface area contributed by atoms with Crippen LogP contribution < -0.4 is 15.4 Å². The summed E-state index contributed by atoms with van der Waals surface area (Å²) in [6.45, 7) is 0.797. The normalized spacial score (nSPS) is 11.1. The highest BCUT2D eigenvalue weighted by atomic mass is 35.5. The number of rotatable bonds is 6. The van der Waals surface area contributed by atoms with Crippen LogP contribution in [0.25, 0.3) is 5.69 Å². The highest BCUT2D eigenvalue weighted by Gasteiger charge is 2.36. The van der Waals surface area contributed by atoms with Gasteiger partial charge in [0, 0.05) is 24.4 Å². The molecule has 0 bridgehead atoms. The SMILES string of the molecule is CC(=O)Nc1ccc(NC(=O)COc2cc(C(F)(F)F)nn2-c2ccccc2Cl)cc1. The van der Waals surface area contributed by atoms with Crippen LogP contribution in [0.1, 0.15) is 12.6 Å². The second-order valence-corrected chi connectivity index (χ2v) is 6.73.